The van der Waals surface area contributed by atoms with Crippen LogP contribution in [0.2, 0.25) is 0 Å². The number of fused-ring (bicyclic) bond motifs is 1. The summed E-state index contributed by atoms with van der Waals surface area (Å²) in [6.07, 6.45) is 5.24. The van der Waals surface area contributed by atoms with Crippen molar-refractivity contribution in [1.29, 1.82) is 0 Å². The summed E-state index contributed by atoms with van der Waals surface area (Å²) in [6.45, 7) is 6.31. The second-order valence-corrected chi connectivity index (χ2v) is 5.95. The first kappa shape index (κ1) is 15.6. The predicted molar refractivity (Wildman–Crippen MR) is 96.9 cm³/mol. The van der Waals surface area contributed by atoms with Crippen molar-refractivity contribution in [3.05, 3.63) is 24.8 Å². The number of anilines is 3. The summed E-state index contributed by atoms with van der Waals surface area (Å²) in [4.78, 5) is 22.3. The maximum atomic E-state index is 4.58. The highest BCUT2D eigenvalue weighted by Crippen LogP contribution is 2.24. The van der Waals surface area contributed by atoms with Gasteiger partial charge in [0.15, 0.2) is 5.65 Å². The molecule has 1 saturated heterocycles. The van der Waals surface area contributed by atoms with Crippen molar-refractivity contribution in [1.82, 2.24) is 29.7 Å². The number of piperazine rings is 1. The van der Waals surface area contributed by atoms with Gasteiger partial charge in [-0.05, 0) is 13.0 Å². The van der Waals surface area contributed by atoms with E-state index in [9.17, 15) is 0 Å². The van der Waals surface area contributed by atoms with E-state index in [1.807, 2.05) is 19.3 Å². The van der Waals surface area contributed by atoms with Gasteiger partial charge in [0.05, 0.1) is 11.6 Å². The SMILES string of the molecule is CCNc1ccnc(N2CCN(c3ncnc4c3cnn4C)CC2)n1. The fourth-order valence-electron chi connectivity index (χ4n) is 3.10. The molecule has 0 amide bonds. The first-order valence-corrected chi connectivity index (χ1v) is 8.46. The lowest BCUT2D eigenvalue weighted by Gasteiger charge is -2.35. The smallest absolute Gasteiger partial charge is 0.227 e. The average molecular weight is 339 g/mol. The molecule has 4 rings (SSSR count). The maximum absolute atomic E-state index is 4.58. The van der Waals surface area contributed by atoms with Gasteiger partial charge in [-0.15, -0.1) is 0 Å². The van der Waals surface area contributed by atoms with Crippen LogP contribution in [0.3, 0.4) is 0 Å². The van der Waals surface area contributed by atoms with Crippen molar-refractivity contribution >= 4 is 28.6 Å². The van der Waals surface area contributed by atoms with Gasteiger partial charge in [-0.25, -0.2) is 15.0 Å². The molecule has 1 fully saturated rings. The van der Waals surface area contributed by atoms with Gasteiger partial charge in [0.2, 0.25) is 5.95 Å². The molecule has 130 valence electrons. The van der Waals surface area contributed by atoms with Crippen LogP contribution in [0, 0.1) is 0 Å². The van der Waals surface area contributed by atoms with E-state index in [0.717, 1.165) is 61.3 Å². The highest BCUT2D eigenvalue weighted by molar-refractivity contribution is 5.86. The number of hydrogen-bond donors (Lipinski definition) is 1. The minimum atomic E-state index is 0.771. The average Bonchev–Trinajstić information content (AvgIpc) is 3.04. The minimum absolute atomic E-state index is 0.771. The third kappa shape index (κ3) is 2.92. The molecule has 0 saturated carbocycles. The lowest BCUT2D eigenvalue weighted by atomic mass is 10.3. The largest absolute Gasteiger partial charge is 0.370 e. The monoisotopic (exact) mass is 339 g/mol. The maximum Gasteiger partial charge on any atom is 0.227 e. The van der Waals surface area contributed by atoms with E-state index >= 15 is 0 Å². The fraction of sp³-hybridized carbons (Fsp3) is 0.438. The second kappa shape index (κ2) is 6.50. The lowest BCUT2D eigenvalue weighted by molar-refractivity contribution is 0.636. The summed E-state index contributed by atoms with van der Waals surface area (Å²) in [5.41, 5.74) is 0.856. The number of aromatic nitrogens is 6. The van der Waals surface area contributed by atoms with Gasteiger partial charge in [-0.3, -0.25) is 4.68 Å². The minimum Gasteiger partial charge on any atom is -0.370 e. The molecule has 1 aliphatic rings. The van der Waals surface area contributed by atoms with Crippen molar-refractivity contribution in [2.75, 3.05) is 47.8 Å². The molecule has 0 aliphatic carbocycles. The van der Waals surface area contributed by atoms with Crippen LogP contribution in [0.25, 0.3) is 11.0 Å². The molecule has 0 atom stereocenters. The van der Waals surface area contributed by atoms with Crippen molar-refractivity contribution in [3.63, 3.8) is 0 Å². The summed E-state index contributed by atoms with van der Waals surface area (Å²) >= 11 is 0. The molecule has 9 nitrogen and oxygen atoms in total. The van der Waals surface area contributed by atoms with Gasteiger partial charge >= 0.3 is 0 Å². The number of hydrogen-bond acceptors (Lipinski definition) is 8. The lowest BCUT2D eigenvalue weighted by Crippen LogP contribution is -2.47. The molecule has 25 heavy (non-hydrogen) atoms. The second-order valence-electron chi connectivity index (χ2n) is 5.95. The highest BCUT2D eigenvalue weighted by atomic mass is 15.3. The summed E-state index contributed by atoms with van der Waals surface area (Å²) in [6, 6.07) is 1.89. The first-order chi connectivity index (χ1) is 12.3. The van der Waals surface area contributed by atoms with Crippen LogP contribution >= 0.6 is 0 Å². The van der Waals surface area contributed by atoms with Crippen LogP contribution < -0.4 is 15.1 Å². The Balaban J connectivity index is 1.50. The standard InChI is InChI=1S/C16H21N9/c1-3-17-13-4-5-18-16(22-13)25-8-6-24(7-9-25)15-12-10-21-23(2)14(12)19-11-20-15/h4-5,10-11H,3,6-9H2,1-2H3,(H,17,18,22). The van der Waals surface area contributed by atoms with E-state index in [4.69, 9.17) is 0 Å². The van der Waals surface area contributed by atoms with E-state index in [1.54, 1.807) is 17.2 Å². The van der Waals surface area contributed by atoms with E-state index in [0.29, 0.717) is 0 Å². The molecule has 0 unspecified atom stereocenters. The Bertz CT molecular complexity index is 867. The predicted octanol–water partition coefficient (Wildman–Crippen LogP) is 0.912. The van der Waals surface area contributed by atoms with Crippen LogP contribution in [0.5, 0.6) is 0 Å². The number of nitrogens with one attached hydrogen (secondary N) is 1. The van der Waals surface area contributed by atoms with Crippen LogP contribution in [0.4, 0.5) is 17.6 Å². The Morgan fingerprint density at radius 1 is 1.08 bits per heavy atom. The molecule has 0 aromatic carbocycles. The van der Waals surface area contributed by atoms with E-state index in [-0.39, 0.29) is 0 Å². The highest BCUT2D eigenvalue weighted by Gasteiger charge is 2.22. The molecule has 3 aromatic rings. The summed E-state index contributed by atoms with van der Waals surface area (Å²) < 4.78 is 1.77. The van der Waals surface area contributed by atoms with E-state index in [1.165, 1.54) is 0 Å². The summed E-state index contributed by atoms with van der Waals surface area (Å²) in [5.74, 6) is 2.58. The molecular formula is C16H21N9. The van der Waals surface area contributed by atoms with Crippen LogP contribution in [-0.4, -0.2) is 62.4 Å². The third-order valence-electron chi connectivity index (χ3n) is 4.37. The summed E-state index contributed by atoms with van der Waals surface area (Å²) in [5, 5.41) is 8.51. The number of aryl methyl sites for hydroxylation is 1. The van der Waals surface area contributed by atoms with Gasteiger partial charge in [0.1, 0.15) is 18.0 Å². The number of nitrogens with zero attached hydrogens (tertiary/aromatic N) is 8. The molecule has 3 aromatic heterocycles. The zero-order valence-corrected chi connectivity index (χ0v) is 14.4. The molecule has 4 heterocycles. The Labute approximate surface area is 145 Å². The Kier molecular flexibility index (Phi) is 4.04. The van der Waals surface area contributed by atoms with Crippen molar-refractivity contribution in [3.8, 4) is 0 Å². The van der Waals surface area contributed by atoms with Gasteiger partial charge in [0, 0.05) is 46.0 Å². The molecule has 0 spiro atoms. The summed E-state index contributed by atoms with van der Waals surface area (Å²) in [7, 11) is 1.89. The molecule has 0 bridgehead atoms. The van der Waals surface area contributed by atoms with Crippen molar-refractivity contribution in [2.45, 2.75) is 6.92 Å². The van der Waals surface area contributed by atoms with Crippen LogP contribution in [0.1, 0.15) is 6.92 Å². The zero-order valence-electron chi connectivity index (χ0n) is 14.4. The van der Waals surface area contributed by atoms with E-state index < -0.39 is 0 Å². The van der Waals surface area contributed by atoms with E-state index in [2.05, 4.69) is 47.1 Å². The number of rotatable bonds is 4. The van der Waals surface area contributed by atoms with Gasteiger partial charge in [-0.2, -0.15) is 10.1 Å². The topological polar surface area (TPSA) is 87.9 Å². The Morgan fingerprint density at radius 3 is 2.68 bits per heavy atom. The van der Waals surface area contributed by atoms with Gasteiger partial charge in [0.25, 0.3) is 0 Å². The Hall–Kier alpha value is -2.97. The zero-order chi connectivity index (χ0) is 17.2. The Morgan fingerprint density at radius 2 is 1.88 bits per heavy atom. The first-order valence-electron chi connectivity index (χ1n) is 8.46. The van der Waals surface area contributed by atoms with Crippen LogP contribution in [-0.2, 0) is 7.05 Å². The van der Waals surface area contributed by atoms with Gasteiger partial charge in [-0.1, -0.05) is 0 Å². The van der Waals surface area contributed by atoms with Crippen LogP contribution in [0.15, 0.2) is 24.8 Å². The van der Waals surface area contributed by atoms with Gasteiger partial charge < -0.3 is 15.1 Å². The molecule has 1 N–H and O–H groups in total. The normalized spacial score (nSPS) is 15.0. The molecule has 1 aliphatic heterocycles. The fourth-order valence-corrected chi connectivity index (χ4v) is 3.10. The third-order valence-corrected chi connectivity index (χ3v) is 4.37. The molecule has 9 heteroatoms. The van der Waals surface area contributed by atoms with Crippen molar-refractivity contribution < 1.29 is 0 Å². The van der Waals surface area contributed by atoms with Crippen molar-refractivity contribution in [2.24, 2.45) is 7.05 Å². The quantitative estimate of drug-likeness (QED) is 0.750. The molecular weight excluding hydrogens is 318 g/mol. The molecule has 0 radical (unpaired) electrons.